The molecule has 1 aliphatic rings. The second-order valence-corrected chi connectivity index (χ2v) is 6.51. The Morgan fingerprint density at radius 2 is 2.16 bits per heavy atom. The third-order valence-electron chi connectivity index (χ3n) is 5.06. The molecule has 0 spiro atoms. The number of nitrogens with one attached hydrogen (secondary N) is 1. The Hall–Kier alpha value is -2.77. The maximum Gasteiger partial charge on any atom is 0.138 e. The van der Waals surface area contributed by atoms with Gasteiger partial charge < -0.3 is 10.1 Å². The minimum Gasteiger partial charge on any atom is -0.381 e. The SMILES string of the molecule is OCN1CCC(c2cc3c(-c4cnn5ncccc45)ccnc3[nH]2)C1. The normalized spacial score (nSPS) is 18.5. The van der Waals surface area contributed by atoms with Gasteiger partial charge in [-0.3, -0.25) is 4.90 Å². The molecule has 0 saturated carbocycles. The van der Waals surface area contributed by atoms with Crippen LogP contribution in [-0.2, 0) is 0 Å². The molecule has 25 heavy (non-hydrogen) atoms. The zero-order valence-corrected chi connectivity index (χ0v) is 13.6. The molecule has 1 aliphatic heterocycles. The first kappa shape index (κ1) is 14.6. The smallest absolute Gasteiger partial charge is 0.138 e. The molecule has 4 aromatic heterocycles. The number of hydrogen-bond donors (Lipinski definition) is 2. The van der Waals surface area contributed by atoms with Crippen molar-refractivity contribution in [3.05, 3.63) is 48.5 Å². The van der Waals surface area contributed by atoms with E-state index in [2.05, 4.69) is 31.1 Å². The number of aromatic nitrogens is 5. The van der Waals surface area contributed by atoms with Crippen molar-refractivity contribution in [2.45, 2.75) is 12.3 Å². The topological polar surface area (TPSA) is 82.3 Å². The molecule has 7 heteroatoms. The number of aromatic amines is 1. The van der Waals surface area contributed by atoms with Gasteiger partial charge in [0.25, 0.3) is 0 Å². The zero-order valence-electron chi connectivity index (χ0n) is 13.6. The van der Waals surface area contributed by atoms with Gasteiger partial charge in [0, 0.05) is 48.0 Å². The van der Waals surface area contributed by atoms with Crippen molar-refractivity contribution in [2.75, 3.05) is 19.8 Å². The minimum absolute atomic E-state index is 0.121. The van der Waals surface area contributed by atoms with Crippen molar-refractivity contribution in [3.8, 4) is 11.1 Å². The lowest BCUT2D eigenvalue weighted by molar-refractivity contribution is 0.130. The van der Waals surface area contributed by atoms with Crippen molar-refractivity contribution >= 4 is 16.6 Å². The first-order valence-electron chi connectivity index (χ1n) is 8.44. The zero-order chi connectivity index (χ0) is 16.8. The third kappa shape index (κ3) is 2.32. The molecule has 4 aromatic rings. The van der Waals surface area contributed by atoms with Crippen LogP contribution in [0.2, 0.25) is 0 Å². The van der Waals surface area contributed by atoms with E-state index in [-0.39, 0.29) is 6.73 Å². The molecule has 0 amide bonds. The second-order valence-electron chi connectivity index (χ2n) is 6.51. The molecule has 5 heterocycles. The lowest BCUT2D eigenvalue weighted by Gasteiger charge is -2.10. The summed E-state index contributed by atoms with van der Waals surface area (Å²) in [7, 11) is 0. The third-order valence-corrected chi connectivity index (χ3v) is 5.06. The molecule has 0 radical (unpaired) electrons. The summed E-state index contributed by atoms with van der Waals surface area (Å²) in [6.45, 7) is 1.92. The molecule has 1 unspecified atom stereocenters. The summed E-state index contributed by atoms with van der Waals surface area (Å²) >= 11 is 0. The number of H-pyrrole nitrogens is 1. The van der Waals surface area contributed by atoms with Gasteiger partial charge in [-0.15, -0.1) is 0 Å². The molecule has 2 N–H and O–H groups in total. The summed E-state index contributed by atoms with van der Waals surface area (Å²) in [6, 6.07) is 8.16. The predicted octanol–water partition coefficient (Wildman–Crippen LogP) is 2.01. The quantitative estimate of drug-likeness (QED) is 0.599. The van der Waals surface area contributed by atoms with Crippen molar-refractivity contribution in [3.63, 3.8) is 0 Å². The van der Waals surface area contributed by atoms with E-state index in [0.717, 1.165) is 47.2 Å². The summed E-state index contributed by atoms with van der Waals surface area (Å²) in [4.78, 5) is 10.0. The second kappa shape index (κ2) is 5.65. The summed E-state index contributed by atoms with van der Waals surface area (Å²) in [6.07, 6.45) is 6.45. The summed E-state index contributed by atoms with van der Waals surface area (Å²) < 4.78 is 1.64. The lowest BCUT2D eigenvalue weighted by Crippen LogP contribution is -2.21. The number of rotatable bonds is 3. The van der Waals surface area contributed by atoms with Crippen molar-refractivity contribution in [1.29, 1.82) is 0 Å². The van der Waals surface area contributed by atoms with Crippen LogP contribution < -0.4 is 0 Å². The molecule has 126 valence electrons. The molecule has 1 saturated heterocycles. The van der Waals surface area contributed by atoms with Crippen LogP contribution in [0.4, 0.5) is 0 Å². The van der Waals surface area contributed by atoms with Gasteiger partial charge >= 0.3 is 0 Å². The van der Waals surface area contributed by atoms with Gasteiger partial charge in [-0.1, -0.05) is 0 Å². The summed E-state index contributed by atoms with van der Waals surface area (Å²) in [5, 5.41) is 19.0. The molecular weight excluding hydrogens is 316 g/mol. The number of likely N-dealkylation sites (tertiary alicyclic amines) is 1. The molecule has 7 nitrogen and oxygen atoms in total. The number of nitrogens with zero attached hydrogens (tertiary/aromatic N) is 5. The Bertz CT molecular complexity index is 1050. The van der Waals surface area contributed by atoms with Crippen molar-refractivity contribution < 1.29 is 5.11 Å². The van der Waals surface area contributed by atoms with Crippen LogP contribution in [0.3, 0.4) is 0 Å². The molecule has 0 aliphatic carbocycles. The highest BCUT2D eigenvalue weighted by Crippen LogP contribution is 2.34. The van der Waals surface area contributed by atoms with Crippen LogP contribution in [-0.4, -0.2) is 54.6 Å². The lowest BCUT2D eigenvalue weighted by atomic mass is 10.0. The fraction of sp³-hybridized carbons (Fsp3) is 0.278. The van der Waals surface area contributed by atoms with E-state index in [1.165, 1.54) is 5.69 Å². The Balaban J connectivity index is 1.62. The highest BCUT2D eigenvalue weighted by atomic mass is 16.3. The van der Waals surface area contributed by atoms with E-state index >= 15 is 0 Å². The Kier molecular flexibility index (Phi) is 3.29. The van der Waals surface area contributed by atoms with Crippen LogP contribution in [0.1, 0.15) is 18.0 Å². The number of aliphatic hydroxyl groups is 1. The van der Waals surface area contributed by atoms with E-state index < -0.39 is 0 Å². The number of hydrogen-bond acceptors (Lipinski definition) is 5. The van der Waals surface area contributed by atoms with E-state index in [4.69, 9.17) is 0 Å². The fourth-order valence-corrected chi connectivity index (χ4v) is 3.76. The largest absolute Gasteiger partial charge is 0.381 e. The molecule has 5 rings (SSSR count). The maximum absolute atomic E-state index is 9.33. The van der Waals surface area contributed by atoms with E-state index in [0.29, 0.717) is 5.92 Å². The monoisotopic (exact) mass is 334 g/mol. The first-order chi connectivity index (χ1) is 12.3. The van der Waals surface area contributed by atoms with Gasteiger partial charge in [-0.05, 0) is 36.2 Å². The molecule has 0 aromatic carbocycles. The summed E-state index contributed by atoms with van der Waals surface area (Å²) in [5.74, 6) is 0.403. The average molecular weight is 334 g/mol. The van der Waals surface area contributed by atoms with Crippen LogP contribution in [0.15, 0.2) is 42.9 Å². The van der Waals surface area contributed by atoms with Crippen LogP contribution in [0.5, 0.6) is 0 Å². The van der Waals surface area contributed by atoms with Gasteiger partial charge in [0.05, 0.1) is 18.4 Å². The van der Waals surface area contributed by atoms with E-state index in [9.17, 15) is 5.11 Å². The minimum atomic E-state index is 0.121. The van der Waals surface area contributed by atoms with Gasteiger partial charge in [0.1, 0.15) is 5.65 Å². The van der Waals surface area contributed by atoms with Crippen molar-refractivity contribution in [1.82, 2.24) is 29.7 Å². The van der Waals surface area contributed by atoms with E-state index in [1.807, 2.05) is 30.6 Å². The van der Waals surface area contributed by atoms with Crippen LogP contribution >= 0.6 is 0 Å². The van der Waals surface area contributed by atoms with Gasteiger partial charge in [-0.25, -0.2) is 4.98 Å². The predicted molar refractivity (Wildman–Crippen MR) is 94.1 cm³/mol. The standard InChI is InChI=1S/C18H18N6O/c25-11-23-7-4-12(10-23)16-8-14-13(3-6-19-18(14)22-16)15-9-21-24-17(15)2-1-5-20-24/h1-3,5-6,8-9,12,25H,4,7,10-11H2,(H,19,22). The summed E-state index contributed by atoms with van der Waals surface area (Å²) in [5.41, 5.74) is 5.20. The Labute approximate surface area is 143 Å². The molecule has 1 fully saturated rings. The van der Waals surface area contributed by atoms with Crippen LogP contribution in [0, 0.1) is 0 Å². The molecule has 0 bridgehead atoms. The van der Waals surface area contributed by atoms with Gasteiger partial charge in [0.15, 0.2) is 0 Å². The highest BCUT2D eigenvalue weighted by molar-refractivity contribution is 5.97. The number of aliphatic hydroxyl groups excluding tert-OH is 1. The Morgan fingerprint density at radius 3 is 3.04 bits per heavy atom. The van der Waals surface area contributed by atoms with Gasteiger partial charge in [0.2, 0.25) is 0 Å². The average Bonchev–Trinajstić information content (AvgIpc) is 3.37. The highest BCUT2D eigenvalue weighted by Gasteiger charge is 2.25. The van der Waals surface area contributed by atoms with Gasteiger partial charge in [-0.2, -0.15) is 14.8 Å². The fourth-order valence-electron chi connectivity index (χ4n) is 3.76. The van der Waals surface area contributed by atoms with Crippen molar-refractivity contribution in [2.24, 2.45) is 0 Å². The molecule has 1 atom stereocenters. The number of pyridine rings is 1. The maximum atomic E-state index is 9.33. The van der Waals surface area contributed by atoms with E-state index in [1.54, 1.807) is 10.8 Å². The molecular formula is C18H18N6O. The Morgan fingerprint density at radius 1 is 1.20 bits per heavy atom. The van der Waals surface area contributed by atoms with Crippen LogP contribution in [0.25, 0.3) is 27.7 Å². The number of fused-ring (bicyclic) bond motifs is 2. The first-order valence-corrected chi connectivity index (χ1v) is 8.44.